The minimum absolute atomic E-state index is 0.0326. The summed E-state index contributed by atoms with van der Waals surface area (Å²) in [5.74, 6) is 0.379. The maximum Gasteiger partial charge on any atom is 0.120 e. The van der Waals surface area contributed by atoms with Crippen LogP contribution in [0.15, 0.2) is 12.1 Å². The Labute approximate surface area is 84.7 Å². The number of rotatable bonds is 1. The molecule has 1 aliphatic carbocycles. The first-order chi connectivity index (χ1) is 6.74. The third-order valence-electron chi connectivity index (χ3n) is 3.12. The van der Waals surface area contributed by atoms with Crippen LogP contribution in [0.1, 0.15) is 42.5 Å². The van der Waals surface area contributed by atoms with Crippen LogP contribution in [0.4, 0.5) is 0 Å². The molecule has 0 aromatic heterocycles. The minimum atomic E-state index is 0.0326. The predicted octanol–water partition coefficient (Wildman–Crippen LogP) is 2.29. The fourth-order valence-corrected chi connectivity index (χ4v) is 2.38. The Morgan fingerprint density at radius 3 is 3.00 bits per heavy atom. The Balaban J connectivity index is 2.57. The molecule has 2 heteroatoms. The second-order valence-electron chi connectivity index (χ2n) is 3.99. The van der Waals surface area contributed by atoms with Crippen molar-refractivity contribution in [2.24, 2.45) is 5.73 Å². The number of nitrogens with two attached hydrogens (primary N) is 1. The van der Waals surface area contributed by atoms with Crippen LogP contribution in [-0.4, -0.2) is 5.11 Å². The first-order valence-electron chi connectivity index (χ1n) is 5.33. The molecule has 76 valence electrons. The van der Waals surface area contributed by atoms with Crippen LogP contribution in [0.5, 0.6) is 5.75 Å². The first-order valence-corrected chi connectivity index (χ1v) is 5.33. The van der Waals surface area contributed by atoms with Crippen molar-refractivity contribution in [1.29, 1.82) is 0 Å². The van der Waals surface area contributed by atoms with Crippen molar-refractivity contribution in [2.75, 3.05) is 0 Å². The van der Waals surface area contributed by atoms with Crippen LogP contribution < -0.4 is 5.73 Å². The van der Waals surface area contributed by atoms with Crippen molar-refractivity contribution < 1.29 is 5.11 Å². The van der Waals surface area contributed by atoms with Gasteiger partial charge in [-0.3, -0.25) is 0 Å². The summed E-state index contributed by atoms with van der Waals surface area (Å²) >= 11 is 0. The number of hydrogen-bond donors (Lipinski definition) is 2. The van der Waals surface area contributed by atoms with Gasteiger partial charge in [-0.15, -0.1) is 0 Å². The molecule has 3 N–H and O–H groups in total. The lowest BCUT2D eigenvalue weighted by molar-refractivity contribution is 0.447. The van der Waals surface area contributed by atoms with Gasteiger partial charge in [0.1, 0.15) is 5.75 Å². The molecular weight excluding hydrogens is 174 g/mol. The van der Waals surface area contributed by atoms with Gasteiger partial charge in [0.05, 0.1) is 0 Å². The van der Waals surface area contributed by atoms with Gasteiger partial charge in [0.15, 0.2) is 0 Å². The Morgan fingerprint density at radius 1 is 1.50 bits per heavy atom. The van der Waals surface area contributed by atoms with E-state index in [0.29, 0.717) is 5.75 Å². The summed E-state index contributed by atoms with van der Waals surface area (Å²) in [4.78, 5) is 0. The van der Waals surface area contributed by atoms with E-state index in [9.17, 15) is 5.11 Å². The number of phenols is 1. The van der Waals surface area contributed by atoms with Crippen molar-refractivity contribution in [2.45, 2.75) is 38.6 Å². The largest absolute Gasteiger partial charge is 0.508 e. The molecule has 0 bridgehead atoms. The normalized spacial score (nSPS) is 20.6. The summed E-state index contributed by atoms with van der Waals surface area (Å²) in [5.41, 5.74) is 9.64. The topological polar surface area (TPSA) is 46.2 Å². The van der Waals surface area contributed by atoms with Crippen molar-refractivity contribution in [3.05, 3.63) is 28.8 Å². The Bertz CT molecular complexity index is 346. The van der Waals surface area contributed by atoms with Gasteiger partial charge in [-0.25, -0.2) is 0 Å². The lowest BCUT2D eigenvalue weighted by atomic mass is 9.84. The molecule has 1 aromatic rings. The zero-order valence-corrected chi connectivity index (χ0v) is 8.59. The maximum absolute atomic E-state index is 9.77. The second kappa shape index (κ2) is 3.62. The summed E-state index contributed by atoms with van der Waals surface area (Å²) < 4.78 is 0. The Morgan fingerprint density at radius 2 is 2.29 bits per heavy atom. The summed E-state index contributed by atoms with van der Waals surface area (Å²) in [6.45, 7) is 2.15. The molecule has 0 radical (unpaired) electrons. The van der Waals surface area contributed by atoms with Gasteiger partial charge in [0, 0.05) is 11.6 Å². The van der Waals surface area contributed by atoms with Gasteiger partial charge in [0.25, 0.3) is 0 Å². The van der Waals surface area contributed by atoms with Crippen molar-refractivity contribution in [3.8, 4) is 5.75 Å². The van der Waals surface area contributed by atoms with E-state index in [2.05, 4.69) is 6.92 Å². The molecule has 0 spiro atoms. The van der Waals surface area contributed by atoms with Crippen molar-refractivity contribution in [1.82, 2.24) is 0 Å². The maximum atomic E-state index is 9.77. The molecule has 14 heavy (non-hydrogen) atoms. The van der Waals surface area contributed by atoms with Gasteiger partial charge >= 0.3 is 0 Å². The van der Waals surface area contributed by atoms with E-state index in [1.54, 1.807) is 6.07 Å². The number of fused-ring (bicyclic) bond motifs is 1. The van der Waals surface area contributed by atoms with Gasteiger partial charge in [-0.2, -0.15) is 0 Å². The van der Waals surface area contributed by atoms with Crippen LogP contribution in [0.3, 0.4) is 0 Å². The molecular formula is C12H17NO. The molecule has 0 unspecified atom stereocenters. The average Bonchev–Trinajstić information content (AvgIpc) is 2.18. The number of phenolic OH excluding ortho intramolecular Hbond substituents is 1. The molecule has 0 saturated heterocycles. The molecule has 0 fully saturated rings. The van der Waals surface area contributed by atoms with E-state index >= 15 is 0 Å². The molecule has 1 aromatic carbocycles. The van der Waals surface area contributed by atoms with Gasteiger partial charge in [0.2, 0.25) is 0 Å². The number of aryl methyl sites for hydroxylation is 1. The summed E-state index contributed by atoms with van der Waals surface area (Å²) in [6.07, 6.45) is 4.23. The molecule has 0 amide bonds. The highest BCUT2D eigenvalue weighted by molar-refractivity contribution is 5.47. The zero-order valence-electron chi connectivity index (χ0n) is 8.59. The van der Waals surface area contributed by atoms with E-state index < -0.39 is 0 Å². The highest BCUT2D eigenvalue weighted by Crippen LogP contribution is 2.36. The van der Waals surface area contributed by atoms with Gasteiger partial charge < -0.3 is 10.8 Å². The molecule has 2 nitrogen and oxygen atoms in total. The number of hydrogen-bond acceptors (Lipinski definition) is 2. The quantitative estimate of drug-likeness (QED) is 0.715. The Hall–Kier alpha value is -1.02. The van der Waals surface area contributed by atoms with Crippen LogP contribution in [0.25, 0.3) is 0 Å². The fourth-order valence-electron chi connectivity index (χ4n) is 2.38. The van der Waals surface area contributed by atoms with Crippen molar-refractivity contribution in [3.63, 3.8) is 0 Å². The summed E-state index contributed by atoms with van der Waals surface area (Å²) in [7, 11) is 0. The third-order valence-corrected chi connectivity index (χ3v) is 3.12. The van der Waals surface area contributed by atoms with Crippen LogP contribution in [0, 0.1) is 0 Å². The first kappa shape index (κ1) is 9.53. The van der Waals surface area contributed by atoms with E-state index in [4.69, 9.17) is 5.73 Å². The van der Waals surface area contributed by atoms with E-state index in [1.165, 1.54) is 11.1 Å². The van der Waals surface area contributed by atoms with Crippen LogP contribution in [0.2, 0.25) is 0 Å². The Kier molecular flexibility index (Phi) is 2.46. The fraction of sp³-hybridized carbons (Fsp3) is 0.500. The number of benzene rings is 1. The number of aromatic hydroxyl groups is 1. The smallest absolute Gasteiger partial charge is 0.120 e. The van der Waals surface area contributed by atoms with Crippen molar-refractivity contribution >= 4 is 0 Å². The zero-order chi connectivity index (χ0) is 10.1. The standard InChI is InChI=1S/C12H17NO/c1-2-8-6-7-11(14)12-9(8)4-3-5-10(12)13/h6-7,10,14H,2-5,13H2,1H3/t10-/m0/s1. The van der Waals surface area contributed by atoms with E-state index in [1.807, 2.05) is 6.07 Å². The van der Waals surface area contributed by atoms with Crippen LogP contribution in [-0.2, 0) is 12.8 Å². The molecule has 0 heterocycles. The monoisotopic (exact) mass is 191 g/mol. The third kappa shape index (κ3) is 1.40. The molecule has 2 rings (SSSR count). The SMILES string of the molecule is CCc1ccc(O)c2c1CCC[C@@H]2N. The summed E-state index contributed by atoms with van der Waals surface area (Å²) in [6, 6.07) is 3.83. The minimum Gasteiger partial charge on any atom is -0.508 e. The van der Waals surface area contributed by atoms with Gasteiger partial charge in [-0.1, -0.05) is 13.0 Å². The predicted molar refractivity (Wildman–Crippen MR) is 57.4 cm³/mol. The summed E-state index contributed by atoms with van der Waals surface area (Å²) in [5, 5.41) is 9.77. The molecule has 0 saturated carbocycles. The second-order valence-corrected chi connectivity index (χ2v) is 3.99. The highest BCUT2D eigenvalue weighted by atomic mass is 16.3. The van der Waals surface area contributed by atoms with Crippen LogP contribution >= 0.6 is 0 Å². The highest BCUT2D eigenvalue weighted by Gasteiger charge is 2.21. The lowest BCUT2D eigenvalue weighted by Crippen LogP contribution is -2.18. The van der Waals surface area contributed by atoms with E-state index in [-0.39, 0.29) is 6.04 Å². The van der Waals surface area contributed by atoms with E-state index in [0.717, 1.165) is 31.2 Å². The molecule has 1 aliphatic rings. The molecule has 1 atom stereocenters. The molecule has 0 aliphatic heterocycles. The van der Waals surface area contributed by atoms with Gasteiger partial charge in [-0.05, 0) is 42.9 Å². The lowest BCUT2D eigenvalue weighted by Gasteiger charge is -2.25. The average molecular weight is 191 g/mol.